The van der Waals surface area contributed by atoms with Gasteiger partial charge in [0.2, 0.25) is 5.91 Å². The lowest BCUT2D eigenvalue weighted by molar-refractivity contribution is -0.122. The van der Waals surface area contributed by atoms with Gasteiger partial charge in [0.15, 0.2) is 21.3 Å². The largest absolute Gasteiger partial charge is 0.490 e. The monoisotopic (exact) mass is 591 g/mol. The standard InChI is InChI=1S/C31H37N5O5S/c1-6-40-27-17-22(9-12-26(27)41-19(2)3)29(36-23-10-11-24-21(16-23)13-15-34-30(24)32)31(37)35-18-25-28(8-7-14-33-25)42(38,39)20(4)5/h7-17,19-20,29,36H,6,18H2,1-5H3,(H2,32,34)(H,35,37). The van der Waals surface area contributed by atoms with Crippen LogP contribution < -0.4 is 25.8 Å². The molecule has 0 bridgehead atoms. The quantitative estimate of drug-likeness (QED) is 0.206. The summed E-state index contributed by atoms with van der Waals surface area (Å²) >= 11 is 0. The summed E-state index contributed by atoms with van der Waals surface area (Å²) in [5.41, 5.74) is 7.59. The fraction of sp³-hybridized carbons (Fsp3) is 0.323. The molecule has 2 aromatic heterocycles. The molecule has 11 heteroatoms. The van der Waals surface area contributed by atoms with Crippen molar-refractivity contribution in [3.8, 4) is 11.5 Å². The molecule has 222 valence electrons. The van der Waals surface area contributed by atoms with Gasteiger partial charge >= 0.3 is 0 Å². The minimum atomic E-state index is -3.60. The number of nitrogens with two attached hydrogens (primary N) is 1. The molecule has 1 unspecified atom stereocenters. The maximum Gasteiger partial charge on any atom is 0.247 e. The molecular weight excluding hydrogens is 554 g/mol. The van der Waals surface area contributed by atoms with Gasteiger partial charge in [-0.3, -0.25) is 9.78 Å². The number of nitrogen functional groups attached to an aromatic ring is 1. The number of hydrogen-bond donors (Lipinski definition) is 3. The fourth-order valence-electron chi connectivity index (χ4n) is 4.42. The van der Waals surface area contributed by atoms with Gasteiger partial charge in [-0.2, -0.15) is 0 Å². The highest BCUT2D eigenvalue weighted by atomic mass is 32.2. The Morgan fingerprint density at radius 2 is 1.76 bits per heavy atom. The van der Waals surface area contributed by atoms with Gasteiger partial charge in [0.25, 0.3) is 0 Å². The van der Waals surface area contributed by atoms with Gasteiger partial charge in [-0.1, -0.05) is 6.07 Å². The topological polar surface area (TPSA) is 146 Å². The molecule has 0 aliphatic rings. The average molecular weight is 592 g/mol. The van der Waals surface area contributed by atoms with E-state index in [1.165, 1.54) is 12.3 Å². The molecule has 0 aliphatic carbocycles. The van der Waals surface area contributed by atoms with Crippen LogP contribution in [0.2, 0.25) is 0 Å². The number of carbonyl (C=O) groups is 1. The van der Waals surface area contributed by atoms with Crippen molar-refractivity contribution in [1.29, 1.82) is 0 Å². The fourth-order valence-corrected chi connectivity index (χ4v) is 5.65. The van der Waals surface area contributed by atoms with E-state index >= 15 is 0 Å². The molecule has 0 saturated carbocycles. The second-order valence-electron chi connectivity index (χ2n) is 10.3. The number of hydrogen-bond acceptors (Lipinski definition) is 9. The van der Waals surface area contributed by atoms with Crippen LogP contribution in [0.25, 0.3) is 10.8 Å². The van der Waals surface area contributed by atoms with Crippen molar-refractivity contribution in [2.24, 2.45) is 0 Å². The summed E-state index contributed by atoms with van der Waals surface area (Å²) in [4.78, 5) is 22.3. The highest BCUT2D eigenvalue weighted by molar-refractivity contribution is 7.92. The third kappa shape index (κ3) is 6.91. The molecule has 0 aliphatic heterocycles. The van der Waals surface area contributed by atoms with E-state index in [1.54, 1.807) is 44.3 Å². The van der Waals surface area contributed by atoms with E-state index in [-0.39, 0.29) is 29.1 Å². The number of benzene rings is 2. The molecule has 0 spiro atoms. The third-order valence-corrected chi connectivity index (χ3v) is 8.76. The smallest absolute Gasteiger partial charge is 0.247 e. The summed E-state index contributed by atoms with van der Waals surface area (Å²) in [6, 6.07) is 15.0. The Bertz CT molecular complexity index is 1670. The van der Waals surface area contributed by atoms with E-state index < -0.39 is 21.1 Å². The van der Waals surface area contributed by atoms with Crippen LogP contribution >= 0.6 is 0 Å². The summed E-state index contributed by atoms with van der Waals surface area (Å²) in [5, 5.41) is 7.24. The lowest BCUT2D eigenvalue weighted by Crippen LogP contribution is -2.34. The van der Waals surface area contributed by atoms with Gasteiger partial charge in [-0.15, -0.1) is 0 Å². The van der Waals surface area contributed by atoms with Crippen LogP contribution in [0.15, 0.2) is 71.9 Å². The zero-order valence-corrected chi connectivity index (χ0v) is 25.2. The first-order chi connectivity index (χ1) is 20.0. The SMILES string of the molecule is CCOc1cc(C(Nc2ccc3c(N)nccc3c2)C(=O)NCc2ncccc2S(=O)(=O)C(C)C)ccc1OC(C)C. The predicted molar refractivity (Wildman–Crippen MR) is 164 cm³/mol. The highest BCUT2D eigenvalue weighted by Crippen LogP contribution is 2.33. The minimum absolute atomic E-state index is 0.0681. The van der Waals surface area contributed by atoms with Crippen LogP contribution in [0.5, 0.6) is 11.5 Å². The van der Waals surface area contributed by atoms with Crippen molar-refractivity contribution in [3.63, 3.8) is 0 Å². The zero-order valence-electron chi connectivity index (χ0n) is 24.4. The number of aromatic nitrogens is 2. The van der Waals surface area contributed by atoms with E-state index in [9.17, 15) is 13.2 Å². The van der Waals surface area contributed by atoms with Crippen molar-refractivity contribution in [3.05, 3.63) is 78.2 Å². The molecule has 4 N–H and O–H groups in total. The molecule has 4 aromatic rings. The number of nitrogens with one attached hydrogen (secondary N) is 2. The maximum atomic E-state index is 13.8. The number of sulfone groups is 1. The van der Waals surface area contributed by atoms with Crippen LogP contribution in [-0.2, 0) is 21.2 Å². The van der Waals surface area contributed by atoms with Crippen LogP contribution in [0.4, 0.5) is 11.5 Å². The lowest BCUT2D eigenvalue weighted by atomic mass is 10.0. The molecule has 42 heavy (non-hydrogen) atoms. The van der Waals surface area contributed by atoms with E-state index in [2.05, 4.69) is 20.6 Å². The molecule has 4 rings (SSSR count). The summed E-state index contributed by atoms with van der Waals surface area (Å²) in [7, 11) is -3.60. The van der Waals surface area contributed by atoms with Gasteiger partial charge in [-0.25, -0.2) is 13.4 Å². The van der Waals surface area contributed by atoms with Crippen molar-refractivity contribution in [2.75, 3.05) is 17.7 Å². The number of carbonyl (C=O) groups excluding carboxylic acids is 1. The summed E-state index contributed by atoms with van der Waals surface area (Å²) < 4.78 is 37.6. The van der Waals surface area contributed by atoms with Gasteiger partial charge in [0, 0.05) is 23.5 Å². The van der Waals surface area contributed by atoms with Crippen LogP contribution in [-0.4, -0.2) is 42.3 Å². The Kier molecular flexibility index (Phi) is 9.52. The minimum Gasteiger partial charge on any atom is -0.490 e. The van der Waals surface area contributed by atoms with Crippen molar-refractivity contribution in [2.45, 2.75) is 63.5 Å². The van der Waals surface area contributed by atoms with E-state index in [1.807, 2.05) is 45.0 Å². The first-order valence-corrected chi connectivity index (χ1v) is 15.4. The molecule has 0 fully saturated rings. The number of nitrogens with zero attached hydrogens (tertiary/aromatic N) is 2. The lowest BCUT2D eigenvalue weighted by Gasteiger charge is -2.22. The Balaban J connectivity index is 1.70. The molecular formula is C31H37N5O5S. The van der Waals surface area contributed by atoms with Gasteiger partial charge in [0.05, 0.1) is 35.1 Å². The van der Waals surface area contributed by atoms with Crippen molar-refractivity contribution in [1.82, 2.24) is 15.3 Å². The molecule has 2 aromatic carbocycles. The average Bonchev–Trinajstić information content (AvgIpc) is 2.95. The maximum absolute atomic E-state index is 13.8. The number of fused-ring (bicyclic) bond motifs is 1. The molecule has 1 amide bonds. The number of anilines is 2. The van der Waals surface area contributed by atoms with Gasteiger partial charge < -0.3 is 25.8 Å². The highest BCUT2D eigenvalue weighted by Gasteiger charge is 2.26. The molecule has 2 heterocycles. The Morgan fingerprint density at radius 1 is 0.976 bits per heavy atom. The summed E-state index contributed by atoms with van der Waals surface area (Å²) in [6.07, 6.45) is 3.07. The van der Waals surface area contributed by atoms with Crippen LogP contribution in [0.1, 0.15) is 51.9 Å². The summed E-state index contributed by atoms with van der Waals surface area (Å²) in [6.45, 7) is 9.28. The predicted octanol–water partition coefficient (Wildman–Crippen LogP) is 5.05. The van der Waals surface area contributed by atoms with Crippen LogP contribution in [0.3, 0.4) is 0 Å². The zero-order chi connectivity index (χ0) is 30.4. The van der Waals surface area contributed by atoms with Crippen molar-refractivity contribution < 1.29 is 22.7 Å². The Hall–Kier alpha value is -4.38. The Morgan fingerprint density at radius 3 is 2.48 bits per heavy atom. The van der Waals surface area contributed by atoms with E-state index in [0.717, 1.165) is 10.8 Å². The first-order valence-electron chi connectivity index (χ1n) is 13.8. The summed E-state index contributed by atoms with van der Waals surface area (Å²) in [5.74, 6) is 1.11. The van der Waals surface area contributed by atoms with Crippen molar-refractivity contribution >= 4 is 38.0 Å². The third-order valence-electron chi connectivity index (χ3n) is 6.54. The molecule has 10 nitrogen and oxygen atoms in total. The number of rotatable bonds is 12. The van der Waals surface area contributed by atoms with E-state index in [4.69, 9.17) is 15.2 Å². The number of pyridine rings is 2. The number of ether oxygens (including phenoxy) is 2. The second-order valence-corrected chi connectivity index (χ2v) is 12.7. The van der Waals surface area contributed by atoms with E-state index in [0.29, 0.717) is 35.2 Å². The number of amides is 1. The molecule has 0 radical (unpaired) electrons. The Labute approximate surface area is 246 Å². The molecule has 0 saturated heterocycles. The van der Waals surface area contributed by atoms with Gasteiger partial charge in [0.1, 0.15) is 11.9 Å². The second kappa shape index (κ2) is 13.1. The van der Waals surface area contributed by atoms with Gasteiger partial charge in [-0.05, 0) is 94.1 Å². The normalized spacial score (nSPS) is 12.4. The first kappa shape index (κ1) is 30.6. The van der Waals surface area contributed by atoms with Crippen LogP contribution in [0, 0.1) is 0 Å². The molecule has 1 atom stereocenters.